The zero-order valence-corrected chi connectivity index (χ0v) is 16.0. The molecule has 0 fully saturated rings. The van der Waals surface area contributed by atoms with Gasteiger partial charge in [0.15, 0.2) is 0 Å². The number of hydrogen-bond acceptors (Lipinski definition) is 3. The van der Waals surface area contributed by atoms with Gasteiger partial charge in [0.1, 0.15) is 0 Å². The predicted octanol–water partition coefficient (Wildman–Crippen LogP) is 5.54. The number of halogens is 1. The van der Waals surface area contributed by atoms with Crippen molar-refractivity contribution in [1.82, 2.24) is 4.98 Å². The van der Waals surface area contributed by atoms with Crippen molar-refractivity contribution in [2.75, 3.05) is 11.1 Å². The van der Waals surface area contributed by atoms with Gasteiger partial charge in [-0.15, -0.1) is 0 Å². The van der Waals surface area contributed by atoms with Crippen LogP contribution in [0, 0.1) is 20.8 Å². The quantitative estimate of drug-likeness (QED) is 0.612. The van der Waals surface area contributed by atoms with Crippen LogP contribution >= 0.6 is 23.4 Å². The largest absolute Gasteiger partial charge is 0.325 e. The number of amides is 1. The minimum Gasteiger partial charge on any atom is -0.325 e. The lowest BCUT2D eigenvalue weighted by Crippen LogP contribution is -2.14. The van der Waals surface area contributed by atoms with Gasteiger partial charge in [-0.1, -0.05) is 47.6 Å². The summed E-state index contributed by atoms with van der Waals surface area (Å²) in [7, 11) is 0. The molecule has 1 heterocycles. The van der Waals surface area contributed by atoms with Crippen molar-refractivity contribution in [3.8, 4) is 0 Å². The van der Waals surface area contributed by atoms with E-state index >= 15 is 0 Å². The number of carbonyl (C=O) groups excluding carboxylic acids is 1. The summed E-state index contributed by atoms with van der Waals surface area (Å²) < 4.78 is 0. The molecular weight excluding hydrogens is 352 g/mol. The van der Waals surface area contributed by atoms with E-state index < -0.39 is 0 Å². The highest BCUT2D eigenvalue weighted by Gasteiger charge is 2.09. The van der Waals surface area contributed by atoms with Crippen molar-refractivity contribution < 1.29 is 4.79 Å². The second kappa shape index (κ2) is 7.46. The Morgan fingerprint density at radius 3 is 2.64 bits per heavy atom. The normalized spacial score (nSPS) is 10.9. The minimum atomic E-state index is -0.0748. The fourth-order valence-electron chi connectivity index (χ4n) is 2.61. The van der Waals surface area contributed by atoms with E-state index in [-0.39, 0.29) is 5.91 Å². The van der Waals surface area contributed by atoms with Crippen LogP contribution in [0.5, 0.6) is 0 Å². The number of nitrogens with zero attached hydrogens (tertiary/aromatic N) is 1. The summed E-state index contributed by atoms with van der Waals surface area (Å²) in [4.78, 5) is 16.9. The van der Waals surface area contributed by atoms with Gasteiger partial charge in [0.05, 0.1) is 16.3 Å². The molecule has 2 aromatic carbocycles. The molecule has 3 nitrogen and oxygen atoms in total. The van der Waals surface area contributed by atoms with Crippen molar-refractivity contribution in [1.29, 1.82) is 0 Å². The highest BCUT2D eigenvalue weighted by Crippen LogP contribution is 2.26. The lowest BCUT2D eigenvalue weighted by molar-refractivity contribution is -0.113. The molecule has 0 atom stereocenters. The molecule has 1 N–H and O–H groups in total. The number of thioether (sulfide) groups is 1. The van der Waals surface area contributed by atoms with Crippen LogP contribution in [0.2, 0.25) is 5.02 Å². The van der Waals surface area contributed by atoms with Crippen molar-refractivity contribution in [2.45, 2.75) is 25.8 Å². The number of fused-ring (bicyclic) bond motifs is 1. The van der Waals surface area contributed by atoms with E-state index in [0.717, 1.165) is 27.1 Å². The summed E-state index contributed by atoms with van der Waals surface area (Å²) >= 11 is 7.53. The number of para-hydroxylation sites is 1. The second-order valence-corrected chi connectivity index (χ2v) is 7.45. The number of carbonyl (C=O) groups is 1. The molecule has 3 aromatic rings. The molecule has 25 heavy (non-hydrogen) atoms. The average Bonchev–Trinajstić information content (AvgIpc) is 2.57. The van der Waals surface area contributed by atoms with Gasteiger partial charge in [0.25, 0.3) is 0 Å². The number of nitrogens with one attached hydrogen (secondary N) is 1. The van der Waals surface area contributed by atoms with Gasteiger partial charge in [-0.3, -0.25) is 4.79 Å². The molecule has 1 amide bonds. The zero-order valence-electron chi connectivity index (χ0n) is 14.4. The van der Waals surface area contributed by atoms with E-state index in [4.69, 9.17) is 16.6 Å². The van der Waals surface area contributed by atoms with Crippen LogP contribution in [0.25, 0.3) is 10.9 Å². The summed E-state index contributed by atoms with van der Waals surface area (Å²) in [6, 6.07) is 13.7. The number of hydrogen-bond donors (Lipinski definition) is 1. The van der Waals surface area contributed by atoms with Gasteiger partial charge >= 0.3 is 0 Å². The van der Waals surface area contributed by atoms with Crippen LogP contribution in [0.15, 0.2) is 47.5 Å². The van der Waals surface area contributed by atoms with Crippen LogP contribution in [-0.2, 0) is 4.79 Å². The van der Waals surface area contributed by atoms with E-state index in [0.29, 0.717) is 16.5 Å². The van der Waals surface area contributed by atoms with Gasteiger partial charge in [0, 0.05) is 16.1 Å². The summed E-state index contributed by atoms with van der Waals surface area (Å²) in [6.45, 7) is 6.05. The summed E-state index contributed by atoms with van der Waals surface area (Å²) in [5, 5.41) is 5.53. The molecule has 128 valence electrons. The third-order valence-electron chi connectivity index (χ3n) is 4.03. The molecule has 0 radical (unpaired) electrons. The maximum atomic E-state index is 12.2. The molecule has 0 unspecified atom stereocenters. The molecule has 0 aliphatic rings. The number of anilines is 1. The predicted molar refractivity (Wildman–Crippen MR) is 107 cm³/mol. The zero-order chi connectivity index (χ0) is 18.0. The molecule has 0 aliphatic heterocycles. The monoisotopic (exact) mass is 370 g/mol. The van der Waals surface area contributed by atoms with E-state index in [1.807, 2.05) is 31.2 Å². The van der Waals surface area contributed by atoms with Gasteiger partial charge < -0.3 is 5.32 Å². The Kier molecular flexibility index (Phi) is 5.30. The molecule has 3 rings (SSSR count). The van der Waals surface area contributed by atoms with Gasteiger partial charge in [-0.25, -0.2) is 4.98 Å². The average molecular weight is 371 g/mol. The summed E-state index contributed by atoms with van der Waals surface area (Å²) in [5.41, 5.74) is 5.00. The van der Waals surface area contributed by atoms with Crippen LogP contribution in [0.1, 0.15) is 16.7 Å². The maximum absolute atomic E-state index is 12.2. The van der Waals surface area contributed by atoms with E-state index in [2.05, 4.69) is 31.3 Å². The fourth-order valence-corrected chi connectivity index (χ4v) is 3.56. The molecule has 0 bridgehead atoms. The Balaban J connectivity index is 1.70. The molecule has 1 aromatic heterocycles. The Morgan fingerprint density at radius 2 is 1.88 bits per heavy atom. The number of pyridine rings is 1. The first-order chi connectivity index (χ1) is 11.9. The standard InChI is InChI=1S/C20H19ClN2OS/c1-12-7-8-15(10-17(12)21)22-18(24)11-25-19-9-14(3)16-6-4-5-13(2)20(16)23-19/h4-10H,11H2,1-3H3,(H,22,24). The Morgan fingerprint density at radius 1 is 1.08 bits per heavy atom. The Labute approximate surface area is 156 Å². The third kappa shape index (κ3) is 4.14. The van der Waals surface area contributed by atoms with Gasteiger partial charge in [-0.05, 0) is 55.7 Å². The summed E-state index contributed by atoms with van der Waals surface area (Å²) in [5.74, 6) is 0.226. The summed E-state index contributed by atoms with van der Waals surface area (Å²) in [6.07, 6.45) is 0. The first-order valence-electron chi connectivity index (χ1n) is 8.00. The highest BCUT2D eigenvalue weighted by atomic mass is 35.5. The number of aryl methyl sites for hydroxylation is 3. The van der Waals surface area contributed by atoms with Gasteiger partial charge in [0.2, 0.25) is 5.91 Å². The molecule has 0 saturated carbocycles. The van der Waals surface area contributed by atoms with E-state index in [9.17, 15) is 4.79 Å². The van der Waals surface area contributed by atoms with Crippen molar-refractivity contribution in [2.24, 2.45) is 0 Å². The number of rotatable bonds is 4. The topological polar surface area (TPSA) is 42.0 Å². The molecule has 0 saturated heterocycles. The van der Waals surface area contributed by atoms with E-state index in [1.54, 1.807) is 6.07 Å². The molecule has 5 heteroatoms. The van der Waals surface area contributed by atoms with Gasteiger partial charge in [-0.2, -0.15) is 0 Å². The van der Waals surface area contributed by atoms with Crippen molar-refractivity contribution >= 4 is 45.9 Å². The Bertz CT molecular complexity index is 956. The smallest absolute Gasteiger partial charge is 0.234 e. The highest BCUT2D eigenvalue weighted by molar-refractivity contribution is 7.99. The van der Waals surface area contributed by atoms with Crippen LogP contribution in [-0.4, -0.2) is 16.6 Å². The third-order valence-corrected chi connectivity index (χ3v) is 5.35. The van der Waals surface area contributed by atoms with Crippen LogP contribution in [0.4, 0.5) is 5.69 Å². The number of aromatic nitrogens is 1. The van der Waals surface area contributed by atoms with Crippen LogP contribution < -0.4 is 5.32 Å². The van der Waals surface area contributed by atoms with E-state index in [1.165, 1.54) is 17.3 Å². The molecule has 0 spiro atoms. The second-order valence-electron chi connectivity index (χ2n) is 6.05. The first kappa shape index (κ1) is 17.8. The molecular formula is C20H19ClN2OS. The number of benzene rings is 2. The fraction of sp³-hybridized carbons (Fsp3) is 0.200. The maximum Gasteiger partial charge on any atom is 0.234 e. The Hall–Kier alpha value is -2.04. The van der Waals surface area contributed by atoms with Crippen LogP contribution in [0.3, 0.4) is 0 Å². The molecule has 0 aliphatic carbocycles. The lowest BCUT2D eigenvalue weighted by Gasteiger charge is -2.09. The van der Waals surface area contributed by atoms with Crippen molar-refractivity contribution in [3.63, 3.8) is 0 Å². The first-order valence-corrected chi connectivity index (χ1v) is 9.36. The SMILES string of the molecule is Cc1ccc(NC(=O)CSc2cc(C)c3cccc(C)c3n2)cc1Cl. The minimum absolute atomic E-state index is 0.0748. The van der Waals surface area contributed by atoms with Crippen molar-refractivity contribution in [3.05, 3.63) is 64.2 Å². The lowest BCUT2D eigenvalue weighted by atomic mass is 10.1.